The van der Waals surface area contributed by atoms with Gasteiger partial charge in [-0.25, -0.2) is 5.84 Å². The van der Waals surface area contributed by atoms with E-state index in [9.17, 15) is 0 Å². The summed E-state index contributed by atoms with van der Waals surface area (Å²) in [5.74, 6) is 6.87. The van der Waals surface area contributed by atoms with Crippen molar-refractivity contribution in [2.45, 2.75) is 6.54 Å². The molecule has 0 atom stereocenters. The zero-order chi connectivity index (χ0) is 14.7. The summed E-state index contributed by atoms with van der Waals surface area (Å²) in [6, 6.07) is 2.08. The van der Waals surface area contributed by atoms with Crippen LogP contribution in [-0.2, 0) is 6.54 Å². The zero-order valence-electron chi connectivity index (χ0n) is 11.5. The lowest BCUT2D eigenvalue weighted by Crippen LogP contribution is -2.23. The summed E-state index contributed by atoms with van der Waals surface area (Å²) in [6.45, 7) is 0.719. The molecule has 108 valence electrons. The van der Waals surface area contributed by atoms with Gasteiger partial charge in [-0.2, -0.15) is 15.0 Å². The minimum Gasteiger partial charge on any atom is -0.347 e. The fourth-order valence-electron chi connectivity index (χ4n) is 1.53. The van der Waals surface area contributed by atoms with Crippen LogP contribution in [-0.4, -0.2) is 36.1 Å². The van der Waals surface area contributed by atoms with Gasteiger partial charge in [0.2, 0.25) is 17.8 Å². The van der Waals surface area contributed by atoms with Crippen LogP contribution in [0.15, 0.2) is 15.9 Å². The fourth-order valence-corrected chi connectivity index (χ4v) is 3.03. The standard InChI is InChI=1S/C11H16BrN7S/c1-18(2)10-14-9(17-13)15-11(16-10)19(3)5-8-4-7(12)6-20-8/h4,6H,5,13H2,1-3H3,(H,14,15,16,17). The van der Waals surface area contributed by atoms with Crippen LogP contribution in [0.1, 0.15) is 4.88 Å². The Labute approximate surface area is 129 Å². The van der Waals surface area contributed by atoms with Gasteiger partial charge in [0.1, 0.15) is 0 Å². The molecule has 0 aliphatic rings. The first kappa shape index (κ1) is 14.9. The van der Waals surface area contributed by atoms with Gasteiger partial charge in [-0.05, 0) is 22.0 Å². The van der Waals surface area contributed by atoms with Gasteiger partial charge in [-0.1, -0.05) is 0 Å². The van der Waals surface area contributed by atoms with Gasteiger partial charge < -0.3 is 9.80 Å². The second-order valence-corrected chi connectivity index (χ2v) is 6.30. The lowest BCUT2D eigenvalue weighted by atomic mass is 10.4. The van der Waals surface area contributed by atoms with Gasteiger partial charge in [0.15, 0.2) is 0 Å². The number of nitrogens with zero attached hydrogens (tertiary/aromatic N) is 5. The predicted molar refractivity (Wildman–Crippen MR) is 86.1 cm³/mol. The van der Waals surface area contributed by atoms with E-state index in [0.717, 1.165) is 11.0 Å². The molecule has 0 radical (unpaired) electrons. The second-order valence-electron chi connectivity index (χ2n) is 4.39. The van der Waals surface area contributed by atoms with Crippen LogP contribution in [0, 0.1) is 0 Å². The van der Waals surface area contributed by atoms with Crippen molar-refractivity contribution in [3.05, 3.63) is 20.8 Å². The maximum Gasteiger partial charge on any atom is 0.243 e. The van der Waals surface area contributed by atoms with E-state index >= 15 is 0 Å². The number of hydrogen-bond donors (Lipinski definition) is 2. The number of anilines is 3. The van der Waals surface area contributed by atoms with Crippen LogP contribution >= 0.6 is 27.3 Å². The molecule has 0 bridgehead atoms. The Hall–Kier alpha value is -1.45. The topological polar surface area (TPSA) is 83.2 Å². The first-order valence-electron chi connectivity index (χ1n) is 5.83. The number of nitrogen functional groups attached to an aromatic ring is 1. The number of hydrazine groups is 1. The highest BCUT2D eigenvalue weighted by Gasteiger charge is 2.12. The van der Waals surface area contributed by atoms with Gasteiger partial charge in [-0.15, -0.1) is 11.3 Å². The lowest BCUT2D eigenvalue weighted by molar-refractivity contribution is 0.850. The molecule has 0 saturated heterocycles. The van der Waals surface area contributed by atoms with Crippen LogP contribution in [0.25, 0.3) is 0 Å². The van der Waals surface area contributed by atoms with Gasteiger partial charge in [0, 0.05) is 35.9 Å². The molecule has 2 heterocycles. The maximum absolute atomic E-state index is 5.40. The number of thiophene rings is 1. The minimum absolute atomic E-state index is 0.345. The summed E-state index contributed by atoms with van der Waals surface area (Å²) in [4.78, 5) is 17.8. The summed E-state index contributed by atoms with van der Waals surface area (Å²) in [7, 11) is 5.67. The number of rotatable bonds is 5. The molecular weight excluding hydrogens is 342 g/mol. The van der Waals surface area contributed by atoms with E-state index in [1.54, 1.807) is 11.3 Å². The Morgan fingerprint density at radius 1 is 1.25 bits per heavy atom. The number of aromatic nitrogens is 3. The average molecular weight is 358 g/mol. The van der Waals surface area contributed by atoms with E-state index in [0.29, 0.717) is 17.8 Å². The van der Waals surface area contributed by atoms with Crippen LogP contribution in [0.2, 0.25) is 0 Å². The quantitative estimate of drug-likeness (QED) is 0.622. The van der Waals surface area contributed by atoms with E-state index in [-0.39, 0.29) is 0 Å². The molecule has 0 aromatic carbocycles. The molecule has 0 saturated carbocycles. The lowest BCUT2D eigenvalue weighted by Gasteiger charge is -2.19. The van der Waals surface area contributed by atoms with E-state index < -0.39 is 0 Å². The van der Waals surface area contributed by atoms with Gasteiger partial charge in [0.25, 0.3) is 0 Å². The third-order valence-electron chi connectivity index (χ3n) is 2.50. The molecule has 2 aromatic rings. The molecule has 0 aliphatic carbocycles. The van der Waals surface area contributed by atoms with Crippen LogP contribution < -0.4 is 21.1 Å². The summed E-state index contributed by atoms with van der Waals surface area (Å²) in [5.41, 5.74) is 2.47. The third-order valence-corrected chi connectivity index (χ3v) is 4.18. The Morgan fingerprint density at radius 3 is 2.50 bits per heavy atom. The predicted octanol–water partition coefficient (Wildman–Crippen LogP) is 1.68. The van der Waals surface area contributed by atoms with Crippen molar-refractivity contribution in [3.63, 3.8) is 0 Å². The molecular formula is C11H16BrN7S. The van der Waals surface area contributed by atoms with Crippen molar-refractivity contribution in [1.82, 2.24) is 15.0 Å². The van der Waals surface area contributed by atoms with E-state index in [1.807, 2.05) is 30.9 Å². The number of nitrogens with one attached hydrogen (secondary N) is 1. The van der Waals surface area contributed by atoms with Crippen molar-refractivity contribution in [3.8, 4) is 0 Å². The molecule has 0 aliphatic heterocycles. The molecule has 9 heteroatoms. The largest absolute Gasteiger partial charge is 0.347 e. The molecule has 0 unspecified atom stereocenters. The number of hydrogen-bond acceptors (Lipinski definition) is 8. The van der Waals surface area contributed by atoms with Crippen LogP contribution in [0.3, 0.4) is 0 Å². The average Bonchev–Trinajstić information content (AvgIpc) is 2.83. The molecule has 7 nitrogen and oxygen atoms in total. The van der Waals surface area contributed by atoms with Crippen molar-refractivity contribution < 1.29 is 0 Å². The van der Waals surface area contributed by atoms with Gasteiger partial charge in [0.05, 0.1) is 6.54 Å². The molecule has 2 aromatic heterocycles. The molecule has 2 rings (SSSR count). The zero-order valence-corrected chi connectivity index (χ0v) is 13.9. The molecule has 3 N–H and O–H groups in total. The van der Waals surface area contributed by atoms with Crippen molar-refractivity contribution in [2.24, 2.45) is 5.84 Å². The Balaban J connectivity index is 2.24. The minimum atomic E-state index is 0.345. The summed E-state index contributed by atoms with van der Waals surface area (Å²) in [6.07, 6.45) is 0. The fraction of sp³-hybridized carbons (Fsp3) is 0.364. The van der Waals surface area contributed by atoms with Crippen molar-refractivity contribution in [1.29, 1.82) is 0 Å². The highest BCUT2D eigenvalue weighted by molar-refractivity contribution is 9.10. The summed E-state index contributed by atoms with van der Waals surface area (Å²) >= 11 is 5.13. The number of nitrogens with two attached hydrogens (primary N) is 1. The smallest absolute Gasteiger partial charge is 0.243 e. The molecule has 0 amide bonds. The highest BCUT2D eigenvalue weighted by Crippen LogP contribution is 2.22. The van der Waals surface area contributed by atoms with E-state index in [4.69, 9.17) is 5.84 Å². The monoisotopic (exact) mass is 357 g/mol. The molecule has 0 spiro atoms. The first-order valence-corrected chi connectivity index (χ1v) is 7.51. The van der Waals surface area contributed by atoms with Gasteiger partial charge in [-0.3, -0.25) is 5.43 Å². The second kappa shape index (κ2) is 6.33. The summed E-state index contributed by atoms with van der Waals surface area (Å²) in [5, 5.41) is 2.05. The maximum atomic E-state index is 5.40. The first-order chi connectivity index (χ1) is 9.49. The van der Waals surface area contributed by atoms with E-state index in [1.165, 1.54) is 4.88 Å². The van der Waals surface area contributed by atoms with E-state index in [2.05, 4.69) is 47.8 Å². The summed E-state index contributed by atoms with van der Waals surface area (Å²) < 4.78 is 1.08. The van der Waals surface area contributed by atoms with Gasteiger partial charge >= 0.3 is 0 Å². The Bertz CT molecular complexity index is 586. The normalized spacial score (nSPS) is 10.4. The van der Waals surface area contributed by atoms with Crippen LogP contribution in [0.4, 0.5) is 17.8 Å². The van der Waals surface area contributed by atoms with Crippen LogP contribution in [0.5, 0.6) is 0 Å². The number of halogens is 1. The molecule has 0 fully saturated rings. The Morgan fingerprint density at radius 2 is 1.95 bits per heavy atom. The highest BCUT2D eigenvalue weighted by atomic mass is 79.9. The van der Waals surface area contributed by atoms with Crippen molar-refractivity contribution >= 4 is 45.1 Å². The Kier molecular flexibility index (Phi) is 4.73. The third kappa shape index (κ3) is 3.56. The van der Waals surface area contributed by atoms with Crippen molar-refractivity contribution in [2.75, 3.05) is 36.4 Å². The SMILES string of the molecule is CN(C)c1nc(NN)nc(N(C)Cc2cc(Br)cs2)n1. The molecule has 20 heavy (non-hydrogen) atoms.